The van der Waals surface area contributed by atoms with Crippen LogP contribution >= 0.6 is 7.82 Å². The van der Waals surface area contributed by atoms with Crippen molar-refractivity contribution in [3.05, 3.63) is 48.0 Å². The molecule has 0 saturated carbocycles. The number of aliphatic hydroxyl groups excluding tert-OH is 2. The molecule has 6 N–H and O–H groups in total. The molecule has 0 spiro atoms. The molecule has 1 unspecified atom stereocenters. The second-order valence-corrected chi connectivity index (χ2v) is 9.51. The molecule has 17 heteroatoms. The summed E-state index contributed by atoms with van der Waals surface area (Å²) in [4.78, 5) is 57.4. The fourth-order valence-corrected chi connectivity index (χ4v) is 4.52. The fourth-order valence-electron chi connectivity index (χ4n) is 3.78. The summed E-state index contributed by atoms with van der Waals surface area (Å²) >= 11 is 0. The smallest absolute Gasteiger partial charge is 0.478 e. The number of anilines is 1. The molecule has 1 aliphatic heterocycles. The molecule has 1 aliphatic rings. The first-order chi connectivity index (χ1) is 18.0. The number of fused-ring (bicyclic) bond motifs is 1. The number of aromatic carboxylic acids is 1. The fraction of sp³-hybridized carbons (Fsp3) is 0.333. The summed E-state index contributed by atoms with van der Waals surface area (Å²) in [5, 5.41) is 29.9. The van der Waals surface area contributed by atoms with Crippen molar-refractivity contribution in [2.75, 3.05) is 12.3 Å². The molecule has 0 amide bonds. The van der Waals surface area contributed by atoms with Gasteiger partial charge >= 0.3 is 19.8 Å². The average Bonchev–Trinajstić information content (AvgIpc) is 3.42. The van der Waals surface area contributed by atoms with Crippen LogP contribution in [0, 0.1) is 0 Å². The zero-order valence-corrected chi connectivity index (χ0v) is 20.2. The molecule has 3 aromatic rings. The highest BCUT2D eigenvalue weighted by Crippen LogP contribution is 2.45. The molecule has 1 saturated heterocycles. The molecule has 0 bridgehead atoms. The lowest BCUT2D eigenvalue weighted by atomic mass is 10.0. The number of ether oxygens (including phenoxy) is 1. The predicted octanol–water partition coefficient (Wildman–Crippen LogP) is 0.0492. The number of phosphoric acid groups is 1. The number of ketones is 1. The molecular formula is C21H22N5O11P. The maximum Gasteiger partial charge on any atom is 0.529 e. The Hall–Kier alpha value is -3.79. The van der Waals surface area contributed by atoms with E-state index in [9.17, 15) is 34.1 Å². The highest BCUT2D eigenvalue weighted by molar-refractivity contribution is 7.48. The van der Waals surface area contributed by atoms with Crippen LogP contribution in [-0.2, 0) is 23.1 Å². The van der Waals surface area contributed by atoms with E-state index >= 15 is 0 Å². The Bertz CT molecular complexity index is 1430. The number of benzene rings is 1. The molecular weight excluding hydrogens is 529 g/mol. The number of carbonyl (C=O) groups is 3. The van der Waals surface area contributed by atoms with Gasteiger partial charge < -0.3 is 30.3 Å². The summed E-state index contributed by atoms with van der Waals surface area (Å²) in [6, 6.07) is 5.39. The Balaban J connectivity index is 1.32. The molecule has 0 aliphatic carbocycles. The van der Waals surface area contributed by atoms with E-state index in [1.807, 2.05) is 0 Å². The summed E-state index contributed by atoms with van der Waals surface area (Å²) in [5.41, 5.74) is 5.79. The second-order valence-electron chi connectivity index (χ2n) is 8.13. The molecule has 5 atom stereocenters. The molecule has 3 heterocycles. The van der Waals surface area contributed by atoms with Crippen molar-refractivity contribution in [1.29, 1.82) is 0 Å². The van der Waals surface area contributed by atoms with Gasteiger partial charge in [0.15, 0.2) is 23.5 Å². The number of hydrogen-bond donors (Lipinski definition) is 5. The van der Waals surface area contributed by atoms with E-state index < -0.39 is 69.5 Å². The van der Waals surface area contributed by atoms with Crippen LogP contribution in [0.1, 0.15) is 39.8 Å². The number of rotatable bonds is 10. The third kappa shape index (κ3) is 5.70. The number of carboxylic acids is 1. The third-order valence-electron chi connectivity index (χ3n) is 5.63. The number of aliphatic hydroxyl groups is 2. The standard InChI is InChI=1S/C21H22N5O11P/c22-18-15-19(24-8-23-18)26(9-25-15)20-17(30)16(29)13(36-20)7-35-38(33,34)37-14(28)6-5-12(27)10-3-1-2-4-11(10)21(31)32/h1-4,8-9,13,16-17,20,29-30H,5-7H2,(H,31,32)(H,33,34)(H2,22,23,24)/t13-,16-,17-,20-/m1/s1. The van der Waals surface area contributed by atoms with Crippen LogP contribution in [0.25, 0.3) is 11.2 Å². The predicted molar refractivity (Wildman–Crippen MR) is 124 cm³/mol. The molecule has 1 aromatic carbocycles. The van der Waals surface area contributed by atoms with Gasteiger partial charge in [-0.15, -0.1) is 0 Å². The third-order valence-corrected chi connectivity index (χ3v) is 6.54. The van der Waals surface area contributed by atoms with Gasteiger partial charge in [-0.1, -0.05) is 18.2 Å². The lowest BCUT2D eigenvalue weighted by Gasteiger charge is -2.17. The molecule has 4 rings (SSSR count). The van der Waals surface area contributed by atoms with Crippen molar-refractivity contribution < 1.29 is 52.9 Å². The first-order valence-corrected chi connectivity index (χ1v) is 12.5. The maximum atomic E-state index is 12.3. The minimum atomic E-state index is -5.01. The van der Waals surface area contributed by atoms with Crippen LogP contribution < -0.4 is 5.73 Å². The number of hydrogen-bond acceptors (Lipinski definition) is 13. The number of carbonyl (C=O) groups excluding carboxylic acids is 2. The summed E-state index contributed by atoms with van der Waals surface area (Å²) in [7, 11) is -5.01. The van der Waals surface area contributed by atoms with Gasteiger partial charge in [0.2, 0.25) is 0 Å². The van der Waals surface area contributed by atoms with Crippen LogP contribution in [0.3, 0.4) is 0 Å². The van der Waals surface area contributed by atoms with Crippen molar-refractivity contribution in [3.63, 3.8) is 0 Å². The Morgan fingerprint density at radius 1 is 1.08 bits per heavy atom. The van der Waals surface area contributed by atoms with Crippen molar-refractivity contribution in [3.8, 4) is 0 Å². The molecule has 202 valence electrons. The van der Waals surface area contributed by atoms with Crippen molar-refractivity contribution in [2.24, 2.45) is 0 Å². The van der Waals surface area contributed by atoms with Crippen LogP contribution in [-0.4, -0.2) is 82.4 Å². The van der Waals surface area contributed by atoms with E-state index in [4.69, 9.17) is 20.1 Å². The number of Topliss-reactive ketones (excluding diaryl/α,β-unsaturated/α-hetero) is 1. The Morgan fingerprint density at radius 2 is 1.79 bits per heavy atom. The lowest BCUT2D eigenvalue weighted by Crippen LogP contribution is -2.33. The van der Waals surface area contributed by atoms with Crippen molar-refractivity contribution in [2.45, 2.75) is 37.4 Å². The van der Waals surface area contributed by atoms with Crippen LogP contribution in [0.15, 0.2) is 36.9 Å². The summed E-state index contributed by atoms with van der Waals surface area (Å²) < 4.78 is 28.3. The van der Waals surface area contributed by atoms with Gasteiger partial charge in [0.1, 0.15) is 30.2 Å². The van der Waals surface area contributed by atoms with Crippen LogP contribution in [0.4, 0.5) is 5.82 Å². The monoisotopic (exact) mass is 551 g/mol. The van der Waals surface area contributed by atoms with Gasteiger partial charge in [-0.25, -0.2) is 24.3 Å². The number of nitrogens with zero attached hydrogens (tertiary/aromatic N) is 4. The van der Waals surface area contributed by atoms with Gasteiger partial charge in [0.25, 0.3) is 0 Å². The first kappa shape index (κ1) is 27.3. The van der Waals surface area contributed by atoms with Gasteiger partial charge in [0.05, 0.1) is 24.9 Å². The number of aromatic nitrogens is 4. The zero-order valence-electron chi connectivity index (χ0n) is 19.4. The highest BCUT2D eigenvalue weighted by atomic mass is 31.2. The molecule has 38 heavy (non-hydrogen) atoms. The number of imidazole rings is 1. The number of phosphoric ester groups is 1. The van der Waals surface area contributed by atoms with Gasteiger partial charge in [-0.2, -0.15) is 0 Å². The molecule has 0 radical (unpaired) electrons. The summed E-state index contributed by atoms with van der Waals surface area (Å²) in [6.45, 7) is -0.759. The van der Waals surface area contributed by atoms with Crippen LogP contribution in [0.5, 0.6) is 0 Å². The van der Waals surface area contributed by atoms with Crippen molar-refractivity contribution >= 4 is 42.5 Å². The van der Waals surface area contributed by atoms with E-state index in [0.717, 1.165) is 0 Å². The molecule has 16 nitrogen and oxygen atoms in total. The lowest BCUT2D eigenvalue weighted by molar-refractivity contribution is -0.136. The second kappa shape index (κ2) is 10.9. The van der Waals surface area contributed by atoms with E-state index in [-0.39, 0.29) is 28.1 Å². The average molecular weight is 551 g/mol. The minimum Gasteiger partial charge on any atom is -0.478 e. The maximum absolute atomic E-state index is 12.3. The van der Waals surface area contributed by atoms with E-state index in [2.05, 4.69) is 19.5 Å². The Morgan fingerprint density at radius 3 is 2.50 bits per heavy atom. The summed E-state index contributed by atoms with van der Waals surface area (Å²) in [6.07, 6.45) is -4.32. The first-order valence-electron chi connectivity index (χ1n) is 11.0. The minimum absolute atomic E-state index is 0.0810. The molecule has 2 aromatic heterocycles. The SMILES string of the molecule is Nc1ncnc2c1ncn2[C@@H]1O[C@H](COP(=O)(O)OC(=O)CCC(=O)c2ccccc2C(=O)O)[C@@H](O)[C@H]1O. The number of nitrogen functional groups attached to an aromatic ring is 1. The highest BCUT2D eigenvalue weighted by Gasteiger charge is 2.45. The van der Waals surface area contributed by atoms with Crippen molar-refractivity contribution in [1.82, 2.24) is 19.5 Å². The largest absolute Gasteiger partial charge is 0.529 e. The Labute approximate surface area is 213 Å². The number of carboxylic acid groups (broad SMARTS) is 1. The normalized spacial score (nSPS) is 22.7. The quantitative estimate of drug-likeness (QED) is 0.165. The van der Waals surface area contributed by atoms with Gasteiger partial charge in [-0.05, 0) is 6.07 Å². The zero-order chi connectivity index (χ0) is 27.6. The topological polar surface area (TPSA) is 247 Å². The van der Waals surface area contributed by atoms with E-state index in [1.54, 1.807) is 0 Å². The van der Waals surface area contributed by atoms with E-state index in [1.165, 1.54) is 41.5 Å². The van der Waals surface area contributed by atoms with Gasteiger partial charge in [0, 0.05) is 12.0 Å². The van der Waals surface area contributed by atoms with Gasteiger partial charge in [-0.3, -0.25) is 23.6 Å². The molecule has 1 fully saturated rings. The Kier molecular flexibility index (Phi) is 7.82. The number of nitrogens with two attached hydrogens (primary N) is 1. The van der Waals surface area contributed by atoms with E-state index in [0.29, 0.717) is 0 Å². The summed E-state index contributed by atoms with van der Waals surface area (Å²) in [5.74, 6) is -3.19. The van der Waals surface area contributed by atoms with Crippen LogP contribution in [0.2, 0.25) is 0 Å².